The van der Waals surface area contributed by atoms with Gasteiger partial charge in [-0.05, 0) is 31.4 Å². The third-order valence-electron chi connectivity index (χ3n) is 5.50. The summed E-state index contributed by atoms with van der Waals surface area (Å²) in [6, 6.07) is 5.59. The minimum Gasteiger partial charge on any atom is -0.342 e. The summed E-state index contributed by atoms with van der Waals surface area (Å²) in [6.07, 6.45) is 9.08. The molecule has 0 N–H and O–H groups in total. The Bertz CT molecular complexity index is 788. The van der Waals surface area contributed by atoms with E-state index in [-0.39, 0.29) is 17.2 Å². The maximum absolute atomic E-state index is 13.0. The highest BCUT2D eigenvalue weighted by Gasteiger charge is 2.49. The van der Waals surface area contributed by atoms with Crippen molar-refractivity contribution in [2.75, 3.05) is 24.5 Å². The van der Waals surface area contributed by atoms with Gasteiger partial charge >= 0.3 is 0 Å². The van der Waals surface area contributed by atoms with Crippen LogP contribution in [0.25, 0.3) is 0 Å². The maximum Gasteiger partial charge on any atom is 0.233 e. The molecule has 4 heterocycles. The normalized spacial score (nSPS) is 19.2. The summed E-state index contributed by atoms with van der Waals surface area (Å²) >= 11 is 0. The highest BCUT2D eigenvalue weighted by molar-refractivity contribution is 5.99. The average molecular weight is 351 g/mol. The van der Waals surface area contributed by atoms with Crippen LogP contribution in [0.2, 0.25) is 0 Å². The number of anilines is 1. The van der Waals surface area contributed by atoms with Crippen LogP contribution in [0.4, 0.5) is 5.69 Å². The lowest BCUT2D eigenvalue weighted by molar-refractivity contribution is -0.137. The highest BCUT2D eigenvalue weighted by Crippen LogP contribution is 2.42. The van der Waals surface area contributed by atoms with Gasteiger partial charge in [0, 0.05) is 31.5 Å². The lowest BCUT2D eigenvalue weighted by Gasteiger charge is -2.38. The first-order valence-corrected chi connectivity index (χ1v) is 8.93. The molecule has 0 unspecified atom stereocenters. The van der Waals surface area contributed by atoms with Crippen LogP contribution in [0.3, 0.4) is 0 Å². The molecule has 2 fully saturated rings. The molecule has 7 nitrogen and oxygen atoms in total. The molecule has 0 radical (unpaired) electrons. The van der Waals surface area contributed by atoms with Gasteiger partial charge in [-0.25, -0.2) is 9.97 Å². The van der Waals surface area contributed by atoms with Crippen molar-refractivity contribution in [3.05, 3.63) is 48.8 Å². The molecule has 0 saturated carbocycles. The van der Waals surface area contributed by atoms with E-state index >= 15 is 0 Å². The fraction of sp³-hybridized carbons (Fsp3) is 0.421. The Hall–Kier alpha value is -2.83. The quantitative estimate of drug-likeness (QED) is 0.836. The number of carbonyl (C=O) groups is 2. The summed E-state index contributed by atoms with van der Waals surface area (Å²) in [5.41, 5.74) is 1.19. The highest BCUT2D eigenvalue weighted by atomic mass is 16.2. The fourth-order valence-electron chi connectivity index (χ4n) is 3.92. The van der Waals surface area contributed by atoms with Gasteiger partial charge in [-0.1, -0.05) is 6.07 Å². The number of amides is 2. The number of piperidine rings is 1. The third-order valence-corrected chi connectivity index (χ3v) is 5.50. The van der Waals surface area contributed by atoms with Crippen molar-refractivity contribution >= 4 is 17.5 Å². The molecule has 0 bridgehead atoms. The molecular formula is C19H21N5O2. The Balaban J connectivity index is 1.39. The van der Waals surface area contributed by atoms with Gasteiger partial charge in [0.15, 0.2) is 0 Å². The van der Waals surface area contributed by atoms with E-state index in [0.29, 0.717) is 38.9 Å². The second-order valence-electron chi connectivity index (χ2n) is 6.96. The lowest BCUT2D eigenvalue weighted by atomic mass is 9.77. The summed E-state index contributed by atoms with van der Waals surface area (Å²) in [5, 5.41) is 0. The van der Waals surface area contributed by atoms with Crippen LogP contribution < -0.4 is 4.90 Å². The predicted octanol–water partition coefficient (Wildman–Crippen LogP) is 1.46. The van der Waals surface area contributed by atoms with Crippen LogP contribution >= 0.6 is 0 Å². The number of nitrogens with zero attached hydrogens (tertiary/aromatic N) is 5. The smallest absolute Gasteiger partial charge is 0.233 e. The number of rotatable bonds is 3. The number of likely N-dealkylation sites (tertiary alicyclic amines) is 1. The summed E-state index contributed by atoms with van der Waals surface area (Å²) in [4.78, 5) is 41.4. The molecule has 2 aliphatic rings. The molecule has 0 aromatic carbocycles. The molecule has 7 heteroatoms. The molecule has 2 amide bonds. The molecule has 4 rings (SSSR count). The molecule has 2 saturated heterocycles. The number of hydrogen-bond donors (Lipinski definition) is 0. The van der Waals surface area contributed by atoms with Crippen LogP contribution in [-0.4, -0.2) is 51.3 Å². The van der Waals surface area contributed by atoms with Gasteiger partial charge in [0.1, 0.15) is 6.33 Å². The first-order chi connectivity index (χ1) is 12.7. The molecule has 2 aliphatic heterocycles. The summed E-state index contributed by atoms with van der Waals surface area (Å²) in [6.45, 7) is 1.93. The Morgan fingerprint density at radius 3 is 2.50 bits per heavy atom. The average Bonchev–Trinajstić information content (AvgIpc) is 3.00. The minimum absolute atomic E-state index is 0.0808. The Morgan fingerprint density at radius 2 is 1.81 bits per heavy atom. The van der Waals surface area contributed by atoms with Gasteiger partial charge < -0.3 is 9.80 Å². The monoisotopic (exact) mass is 351 g/mol. The summed E-state index contributed by atoms with van der Waals surface area (Å²) < 4.78 is 0. The van der Waals surface area contributed by atoms with Crippen molar-refractivity contribution in [1.29, 1.82) is 0 Å². The van der Waals surface area contributed by atoms with Gasteiger partial charge in [0.05, 0.1) is 29.9 Å². The predicted molar refractivity (Wildman–Crippen MR) is 95.2 cm³/mol. The zero-order chi connectivity index (χ0) is 18.0. The zero-order valence-corrected chi connectivity index (χ0v) is 14.5. The van der Waals surface area contributed by atoms with E-state index in [9.17, 15) is 9.59 Å². The van der Waals surface area contributed by atoms with E-state index in [1.165, 1.54) is 6.33 Å². The standard InChI is InChI=1S/C19H21N5O2/c25-17(11-15-3-1-2-7-22-15)23-8-4-19(5-9-23)6-10-24(18(19)26)16-12-20-14-21-13-16/h1-3,7,12-14H,4-6,8-11H2. The topological polar surface area (TPSA) is 79.3 Å². The van der Waals surface area contributed by atoms with Crippen LogP contribution in [0.15, 0.2) is 43.1 Å². The van der Waals surface area contributed by atoms with Gasteiger partial charge in [-0.2, -0.15) is 0 Å². The number of aromatic nitrogens is 3. The third kappa shape index (κ3) is 3.05. The van der Waals surface area contributed by atoms with E-state index in [1.807, 2.05) is 23.1 Å². The molecular weight excluding hydrogens is 330 g/mol. The molecule has 134 valence electrons. The second kappa shape index (κ2) is 6.82. The number of pyridine rings is 1. The Morgan fingerprint density at radius 1 is 1.08 bits per heavy atom. The van der Waals surface area contributed by atoms with E-state index < -0.39 is 0 Å². The van der Waals surface area contributed by atoms with E-state index in [2.05, 4.69) is 15.0 Å². The van der Waals surface area contributed by atoms with Crippen molar-refractivity contribution in [3.8, 4) is 0 Å². The SMILES string of the molecule is O=C(Cc1ccccn1)N1CCC2(CC1)CCN(c1cncnc1)C2=O. The van der Waals surface area contributed by atoms with Crippen molar-refractivity contribution in [3.63, 3.8) is 0 Å². The molecule has 0 aliphatic carbocycles. The molecule has 26 heavy (non-hydrogen) atoms. The van der Waals surface area contributed by atoms with E-state index in [0.717, 1.165) is 17.8 Å². The van der Waals surface area contributed by atoms with Crippen molar-refractivity contribution < 1.29 is 9.59 Å². The number of carbonyl (C=O) groups excluding carboxylic acids is 2. The molecule has 2 aromatic rings. The Kier molecular flexibility index (Phi) is 4.36. The van der Waals surface area contributed by atoms with E-state index in [4.69, 9.17) is 0 Å². The van der Waals surface area contributed by atoms with Gasteiger partial charge in [-0.15, -0.1) is 0 Å². The molecule has 1 spiro atoms. The summed E-state index contributed by atoms with van der Waals surface area (Å²) in [7, 11) is 0. The van der Waals surface area contributed by atoms with E-state index in [1.54, 1.807) is 23.5 Å². The fourth-order valence-corrected chi connectivity index (χ4v) is 3.92. The zero-order valence-electron chi connectivity index (χ0n) is 14.5. The van der Waals surface area contributed by atoms with Crippen LogP contribution in [-0.2, 0) is 16.0 Å². The molecule has 2 aromatic heterocycles. The first kappa shape index (κ1) is 16.6. The van der Waals surface area contributed by atoms with Gasteiger partial charge in [-0.3, -0.25) is 14.6 Å². The van der Waals surface area contributed by atoms with Crippen LogP contribution in [0.5, 0.6) is 0 Å². The summed E-state index contributed by atoms with van der Waals surface area (Å²) in [5.74, 6) is 0.224. The molecule has 0 atom stereocenters. The van der Waals surface area contributed by atoms with Crippen molar-refractivity contribution in [2.24, 2.45) is 5.41 Å². The second-order valence-corrected chi connectivity index (χ2v) is 6.96. The first-order valence-electron chi connectivity index (χ1n) is 8.93. The largest absolute Gasteiger partial charge is 0.342 e. The number of hydrogen-bond acceptors (Lipinski definition) is 5. The van der Waals surface area contributed by atoms with Gasteiger partial charge in [0.2, 0.25) is 11.8 Å². The van der Waals surface area contributed by atoms with Gasteiger partial charge in [0.25, 0.3) is 0 Å². The van der Waals surface area contributed by atoms with Crippen LogP contribution in [0, 0.1) is 5.41 Å². The Labute approximate surface area is 152 Å². The minimum atomic E-state index is -0.350. The lowest BCUT2D eigenvalue weighted by Crippen LogP contribution is -2.47. The maximum atomic E-state index is 13.0. The van der Waals surface area contributed by atoms with Crippen molar-refractivity contribution in [1.82, 2.24) is 19.9 Å². The van der Waals surface area contributed by atoms with Crippen molar-refractivity contribution in [2.45, 2.75) is 25.7 Å². The van der Waals surface area contributed by atoms with Crippen LogP contribution in [0.1, 0.15) is 25.0 Å².